The molecule has 3 saturated heterocycles. The Morgan fingerprint density at radius 3 is 2.39 bits per heavy atom. The summed E-state index contributed by atoms with van der Waals surface area (Å²) < 4.78 is -0.749. The average molecular weight is 429 g/mol. The molecule has 1 N–H and O–H groups in total. The molecular formula is C25H20N2O3S. The maximum absolute atomic E-state index is 14.1. The first-order valence-electron chi connectivity index (χ1n) is 10.3. The van der Waals surface area contributed by atoms with Crippen LogP contribution in [0.15, 0.2) is 72.8 Å². The van der Waals surface area contributed by atoms with Crippen LogP contribution >= 0.6 is 11.8 Å². The van der Waals surface area contributed by atoms with Gasteiger partial charge >= 0.3 is 0 Å². The zero-order valence-corrected chi connectivity index (χ0v) is 17.7. The zero-order chi connectivity index (χ0) is 21.4. The number of hydrogen-bond donors (Lipinski definition) is 1. The highest BCUT2D eigenvalue weighted by Crippen LogP contribution is 2.71. The summed E-state index contributed by atoms with van der Waals surface area (Å²) in [5.74, 6) is -0.521. The standard InChI is InChI=1S/C25H20N2O3S/c1-23-15-24(25(31-23,26-21(23)29)17-10-3-2-4-11-17)14-20(28)27(22(24)30)19-13-7-9-16-8-5-6-12-18(16)19/h2-13H,14-15H2,1H3,(H,26,29). The molecule has 0 aliphatic carbocycles. The zero-order valence-electron chi connectivity index (χ0n) is 16.9. The third-order valence-corrected chi connectivity index (χ3v) is 8.78. The molecule has 3 aromatic carbocycles. The Morgan fingerprint density at radius 2 is 1.61 bits per heavy atom. The summed E-state index contributed by atoms with van der Waals surface area (Å²) in [6.07, 6.45) is 0.421. The van der Waals surface area contributed by atoms with Crippen LogP contribution in [0.3, 0.4) is 0 Å². The minimum absolute atomic E-state index is 0.0733. The topological polar surface area (TPSA) is 66.5 Å². The molecule has 6 heteroatoms. The summed E-state index contributed by atoms with van der Waals surface area (Å²) in [7, 11) is 0. The number of nitrogens with zero attached hydrogens (tertiary/aromatic N) is 1. The first-order valence-corrected chi connectivity index (χ1v) is 11.2. The number of rotatable bonds is 2. The van der Waals surface area contributed by atoms with Gasteiger partial charge in [-0.05, 0) is 30.4 Å². The van der Waals surface area contributed by atoms with Crippen LogP contribution in [0.4, 0.5) is 5.69 Å². The van der Waals surface area contributed by atoms with Crippen LogP contribution in [-0.2, 0) is 19.3 Å². The predicted molar refractivity (Wildman–Crippen MR) is 120 cm³/mol. The van der Waals surface area contributed by atoms with Crippen LogP contribution in [-0.4, -0.2) is 22.5 Å². The van der Waals surface area contributed by atoms with E-state index in [2.05, 4.69) is 5.32 Å². The third kappa shape index (κ3) is 2.20. The fraction of sp³-hybridized carbons (Fsp3) is 0.240. The Labute approximate surface area is 183 Å². The fourth-order valence-corrected chi connectivity index (χ4v) is 7.58. The summed E-state index contributed by atoms with van der Waals surface area (Å²) in [5.41, 5.74) is 0.448. The highest BCUT2D eigenvalue weighted by molar-refractivity contribution is 8.03. The van der Waals surface area contributed by atoms with Crippen molar-refractivity contribution in [3.8, 4) is 0 Å². The molecule has 0 aromatic heterocycles. The van der Waals surface area contributed by atoms with E-state index < -0.39 is 15.0 Å². The number of thioether (sulfide) groups is 1. The minimum atomic E-state index is -1.02. The second-order valence-corrected chi connectivity index (χ2v) is 10.5. The van der Waals surface area contributed by atoms with E-state index in [1.54, 1.807) is 0 Å². The summed E-state index contributed by atoms with van der Waals surface area (Å²) in [4.78, 5) is 40.8. The molecule has 3 unspecified atom stereocenters. The molecule has 3 aliphatic rings. The molecule has 31 heavy (non-hydrogen) atoms. The van der Waals surface area contributed by atoms with Gasteiger partial charge in [0.1, 0.15) is 4.87 Å². The molecule has 0 saturated carbocycles. The van der Waals surface area contributed by atoms with E-state index >= 15 is 0 Å². The number of anilines is 1. The summed E-state index contributed by atoms with van der Waals surface area (Å²) in [5, 5.41) is 4.98. The van der Waals surface area contributed by atoms with Gasteiger partial charge in [0.2, 0.25) is 17.7 Å². The maximum atomic E-state index is 14.1. The molecule has 3 aromatic rings. The maximum Gasteiger partial charge on any atom is 0.244 e. The number of nitrogens with one attached hydrogen (secondary N) is 1. The number of benzene rings is 3. The first kappa shape index (κ1) is 18.6. The van der Waals surface area contributed by atoms with E-state index in [9.17, 15) is 14.4 Å². The normalized spacial score (nSPS) is 31.8. The van der Waals surface area contributed by atoms with E-state index in [4.69, 9.17) is 0 Å². The molecule has 3 amide bonds. The number of fused-ring (bicyclic) bond motifs is 4. The quantitative estimate of drug-likeness (QED) is 0.628. The number of carbonyl (C=O) groups excluding carboxylic acids is 3. The lowest BCUT2D eigenvalue weighted by molar-refractivity contribution is -0.136. The van der Waals surface area contributed by atoms with Gasteiger partial charge in [-0.15, -0.1) is 11.8 Å². The first-order chi connectivity index (χ1) is 14.9. The molecule has 3 aliphatic heterocycles. The van der Waals surface area contributed by atoms with Gasteiger partial charge in [-0.1, -0.05) is 66.7 Å². The predicted octanol–water partition coefficient (Wildman–Crippen LogP) is 3.97. The average Bonchev–Trinajstić information content (AvgIpc) is 3.30. The number of carbonyl (C=O) groups is 3. The summed E-state index contributed by atoms with van der Waals surface area (Å²) in [6.45, 7) is 1.88. The highest BCUT2D eigenvalue weighted by atomic mass is 32.2. The molecule has 3 atom stereocenters. The number of hydrogen-bond acceptors (Lipinski definition) is 4. The van der Waals surface area contributed by atoms with E-state index in [0.29, 0.717) is 12.1 Å². The Morgan fingerprint density at radius 1 is 0.903 bits per heavy atom. The van der Waals surface area contributed by atoms with Crippen LogP contribution < -0.4 is 10.2 Å². The Bertz CT molecular complexity index is 1290. The largest absolute Gasteiger partial charge is 0.335 e. The van der Waals surface area contributed by atoms with E-state index in [1.165, 1.54) is 16.7 Å². The molecule has 1 spiro atoms. The lowest BCUT2D eigenvalue weighted by Crippen LogP contribution is -2.59. The van der Waals surface area contributed by atoms with Crippen molar-refractivity contribution in [2.24, 2.45) is 5.41 Å². The van der Waals surface area contributed by atoms with Gasteiger partial charge in [0, 0.05) is 11.8 Å². The van der Waals surface area contributed by atoms with Crippen LogP contribution in [0.2, 0.25) is 0 Å². The lowest BCUT2D eigenvalue weighted by atomic mass is 9.67. The van der Waals surface area contributed by atoms with Crippen molar-refractivity contribution < 1.29 is 14.4 Å². The van der Waals surface area contributed by atoms with Gasteiger partial charge in [-0.25, -0.2) is 4.90 Å². The fourth-order valence-electron chi connectivity index (χ4n) is 5.62. The van der Waals surface area contributed by atoms with Crippen LogP contribution in [0.1, 0.15) is 25.3 Å². The highest BCUT2D eigenvalue weighted by Gasteiger charge is 2.77. The van der Waals surface area contributed by atoms with Crippen molar-refractivity contribution in [3.63, 3.8) is 0 Å². The van der Waals surface area contributed by atoms with Crippen LogP contribution in [0, 0.1) is 5.41 Å². The second kappa shape index (κ2) is 5.98. The molecule has 5 nitrogen and oxygen atoms in total. The van der Waals surface area contributed by atoms with Gasteiger partial charge in [-0.3, -0.25) is 14.4 Å². The smallest absolute Gasteiger partial charge is 0.244 e. The third-order valence-electron chi connectivity index (χ3n) is 6.96. The Balaban J connectivity index is 1.55. The molecule has 2 bridgehead atoms. The van der Waals surface area contributed by atoms with Crippen molar-refractivity contribution in [3.05, 3.63) is 78.4 Å². The molecule has 6 rings (SSSR count). The van der Waals surface area contributed by atoms with Gasteiger partial charge in [0.05, 0.1) is 15.8 Å². The minimum Gasteiger partial charge on any atom is -0.335 e. The molecule has 0 radical (unpaired) electrons. The van der Waals surface area contributed by atoms with Gasteiger partial charge in [0.15, 0.2) is 0 Å². The van der Waals surface area contributed by atoms with E-state index in [1.807, 2.05) is 79.7 Å². The van der Waals surface area contributed by atoms with Crippen molar-refractivity contribution in [1.29, 1.82) is 0 Å². The van der Waals surface area contributed by atoms with E-state index in [-0.39, 0.29) is 24.1 Å². The van der Waals surface area contributed by atoms with E-state index in [0.717, 1.165) is 16.3 Å². The Kier molecular flexibility index (Phi) is 3.59. The Hall–Kier alpha value is -3.12. The van der Waals surface area contributed by atoms with Crippen molar-refractivity contribution >= 4 is 45.9 Å². The number of imide groups is 1. The van der Waals surface area contributed by atoms with Crippen molar-refractivity contribution in [2.45, 2.75) is 29.4 Å². The number of piperidine rings is 1. The number of amides is 3. The van der Waals surface area contributed by atoms with Crippen LogP contribution in [0.5, 0.6) is 0 Å². The monoisotopic (exact) mass is 428 g/mol. The van der Waals surface area contributed by atoms with Gasteiger partial charge in [-0.2, -0.15) is 0 Å². The van der Waals surface area contributed by atoms with Gasteiger partial charge < -0.3 is 5.32 Å². The van der Waals surface area contributed by atoms with Crippen LogP contribution in [0.25, 0.3) is 10.8 Å². The molecule has 154 valence electrons. The molecular weight excluding hydrogens is 408 g/mol. The van der Waals surface area contributed by atoms with Gasteiger partial charge in [0.25, 0.3) is 0 Å². The molecule has 3 fully saturated rings. The van der Waals surface area contributed by atoms with Crippen molar-refractivity contribution in [2.75, 3.05) is 4.90 Å². The lowest BCUT2D eigenvalue weighted by Gasteiger charge is -2.42. The molecule has 3 heterocycles. The van der Waals surface area contributed by atoms with Crippen molar-refractivity contribution in [1.82, 2.24) is 5.32 Å². The second-order valence-electron chi connectivity index (χ2n) is 8.80. The SMILES string of the molecule is CC12CC3(CC(=O)N(c4cccc5ccccc45)C3=O)C(c3ccccc3)(NC1=O)S2. The summed E-state index contributed by atoms with van der Waals surface area (Å²) >= 11 is 1.48. The summed E-state index contributed by atoms with van der Waals surface area (Å²) in [6, 6.07) is 23.0.